The molecule has 1 heterocycles. The molecule has 0 atom stereocenters. The number of rotatable bonds is 2. The van der Waals surface area contributed by atoms with Gasteiger partial charge in [0.1, 0.15) is 5.75 Å². The first kappa shape index (κ1) is 11.7. The Morgan fingerprint density at radius 2 is 1.68 bits per heavy atom. The van der Waals surface area contributed by atoms with Crippen molar-refractivity contribution in [1.29, 1.82) is 0 Å². The predicted molar refractivity (Wildman–Crippen MR) is 77.0 cm³/mol. The fourth-order valence-electron chi connectivity index (χ4n) is 2.18. The van der Waals surface area contributed by atoms with Crippen LogP contribution in [0.15, 0.2) is 58.7 Å². The maximum atomic E-state index is 9.98. The summed E-state index contributed by atoms with van der Waals surface area (Å²) in [5, 5.41) is 18.4. The Bertz CT molecular complexity index is 672. The summed E-state index contributed by atoms with van der Waals surface area (Å²) >= 11 is 0. The van der Waals surface area contributed by atoms with Crippen molar-refractivity contribution in [3.05, 3.63) is 65.2 Å². The van der Waals surface area contributed by atoms with Gasteiger partial charge in [0.25, 0.3) is 0 Å². The van der Waals surface area contributed by atoms with Crippen molar-refractivity contribution >= 4 is 11.4 Å². The zero-order valence-electron chi connectivity index (χ0n) is 10.7. The van der Waals surface area contributed by atoms with Gasteiger partial charge in [0.15, 0.2) is 0 Å². The Labute approximate surface area is 111 Å². The normalized spacial score (nSPS) is 14.2. The number of nitrogens with zero attached hydrogens (tertiary/aromatic N) is 2. The number of hydrogen-bond donors (Lipinski definition) is 1. The van der Waals surface area contributed by atoms with Crippen LogP contribution in [0.1, 0.15) is 23.1 Å². The molecule has 19 heavy (non-hydrogen) atoms. The number of phenolic OH excluding ortho intramolecular Hbond substituents is 1. The van der Waals surface area contributed by atoms with Crippen molar-refractivity contribution in [3.8, 4) is 5.75 Å². The van der Waals surface area contributed by atoms with Crippen LogP contribution < -0.4 is 0 Å². The first-order chi connectivity index (χ1) is 9.24. The monoisotopic (exact) mass is 250 g/mol. The van der Waals surface area contributed by atoms with E-state index >= 15 is 0 Å². The Hall–Kier alpha value is -2.42. The average Bonchev–Trinajstić information content (AvgIpc) is 2.89. The van der Waals surface area contributed by atoms with Crippen LogP contribution in [0.3, 0.4) is 0 Å². The molecule has 2 aromatic rings. The topological polar surface area (TPSA) is 45.0 Å². The molecule has 3 nitrogen and oxygen atoms in total. The predicted octanol–water partition coefficient (Wildman–Crippen LogP) is 3.30. The summed E-state index contributed by atoms with van der Waals surface area (Å²) in [6.45, 7) is 1.95. The molecule has 0 fully saturated rings. The van der Waals surface area contributed by atoms with Gasteiger partial charge in [-0.2, -0.15) is 10.2 Å². The lowest BCUT2D eigenvalue weighted by Gasteiger charge is -2.05. The number of hydrogen-bond acceptors (Lipinski definition) is 3. The SMILES string of the molecule is Cc1ccc(C2=NN=C(c3ccccc3)C2)c(O)c1. The van der Waals surface area contributed by atoms with E-state index in [1.54, 1.807) is 6.07 Å². The summed E-state index contributed by atoms with van der Waals surface area (Å²) < 4.78 is 0. The summed E-state index contributed by atoms with van der Waals surface area (Å²) in [5.74, 6) is 0.267. The molecule has 0 bridgehead atoms. The molecule has 3 rings (SSSR count). The number of aryl methyl sites for hydroxylation is 1. The van der Waals surface area contributed by atoms with E-state index in [1.807, 2.05) is 49.4 Å². The van der Waals surface area contributed by atoms with E-state index < -0.39 is 0 Å². The van der Waals surface area contributed by atoms with E-state index in [-0.39, 0.29) is 5.75 Å². The zero-order chi connectivity index (χ0) is 13.2. The molecule has 0 spiro atoms. The molecular weight excluding hydrogens is 236 g/mol. The highest BCUT2D eigenvalue weighted by molar-refractivity contribution is 6.21. The molecule has 3 heteroatoms. The highest BCUT2D eigenvalue weighted by Crippen LogP contribution is 2.24. The van der Waals surface area contributed by atoms with Crippen LogP contribution in [0.25, 0.3) is 0 Å². The van der Waals surface area contributed by atoms with Gasteiger partial charge in [-0.05, 0) is 30.2 Å². The first-order valence-electron chi connectivity index (χ1n) is 6.23. The van der Waals surface area contributed by atoms with Gasteiger partial charge >= 0.3 is 0 Å². The van der Waals surface area contributed by atoms with Crippen LogP contribution >= 0.6 is 0 Å². The number of phenols is 1. The molecule has 94 valence electrons. The minimum absolute atomic E-state index is 0.267. The van der Waals surface area contributed by atoms with Gasteiger partial charge < -0.3 is 5.11 Å². The summed E-state index contributed by atoms with van der Waals surface area (Å²) in [5.41, 5.74) is 4.63. The second kappa shape index (κ2) is 4.69. The van der Waals surface area contributed by atoms with Crippen LogP contribution in [-0.4, -0.2) is 16.5 Å². The summed E-state index contributed by atoms with van der Waals surface area (Å²) in [6.07, 6.45) is 0.653. The lowest BCUT2D eigenvalue weighted by atomic mass is 9.99. The van der Waals surface area contributed by atoms with E-state index in [1.165, 1.54) is 0 Å². The lowest BCUT2D eigenvalue weighted by molar-refractivity contribution is 0.473. The Balaban J connectivity index is 1.85. The Morgan fingerprint density at radius 1 is 0.947 bits per heavy atom. The van der Waals surface area contributed by atoms with Gasteiger partial charge in [-0.1, -0.05) is 36.4 Å². The average molecular weight is 250 g/mol. The second-order valence-electron chi connectivity index (χ2n) is 4.66. The quantitative estimate of drug-likeness (QED) is 0.873. The molecule has 0 amide bonds. The van der Waals surface area contributed by atoms with Crippen LogP contribution in [0.5, 0.6) is 5.75 Å². The van der Waals surface area contributed by atoms with Crippen LogP contribution in [0, 0.1) is 6.92 Å². The van der Waals surface area contributed by atoms with Gasteiger partial charge in [-0.3, -0.25) is 0 Å². The van der Waals surface area contributed by atoms with Crippen LogP contribution in [0.2, 0.25) is 0 Å². The van der Waals surface area contributed by atoms with Gasteiger partial charge in [-0.25, -0.2) is 0 Å². The second-order valence-corrected chi connectivity index (χ2v) is 4.66. The van der Waals surface area contributed by atoms with Gasteiger partial charge in [-0.15, -0.1) is 0 Å². The van der Waals surface area contributed by atoms with Crippen LogP contribution in [-0.2, 0) is 0 Å². The van der Waals surface area contributed by atoms with Crippen molar-refractivity contribution in [2.24, 2.45) is 10.2 Å². The minimum atomic E-state index is 0.267. The summed E-state index contributed by atoms with van der Waals surface area (Å²) in [4.78, 5) is 0. The molecule has 0 radical (unpaired) electrons. The molecule has 0 saturated heterocycles. The smallest absolute Gasteiger partial charge is 0.124 e. The van der Waals surface area contributed by atoms with E-state index in [2.05, 4.69) is 10.2 Å². The largest absolute Gasteiger partial charge is 0.507 e. The first-order valence-corrected chi connectivity index (χ1v) is 6.23. The maximum absolute atomic E-state index is 9.98. The molecule has 2 aromatic carbocycles. The molecule has 0 unspecified atom stereocenters. The van der Waals surface area contributed by atoms with E-state index in [9.17, 15) is 5.11 Å². The molecule has 0 saturated carbocycles. The molecule has 0 aliphatic carbocycles. The van der Waals surface area contributed by atoms with Crippen molar-refractivity contribution in [3.63, 3.8) is 0 Å². The molecule has 0 aromatic heterocycles. The van der Waals surface area contributed by atoms with Crippen molar-refractivity contribution < 1.29 is 5.11 Å². The van der Waals surface area contributed by atoms with E-state index in [4.69, 9.17) is 0 Å². The third kappa shape index (κ3) is 2.27. The van der Waals surface area contributed by atoms with Crippen molar-refractivity contribution in [1.82, 2.24) is 0 Å². The molecule has 1 N–H and O–H groups in total. The highest BCUT2D eigenvalue weighted by atomic mass is 16.3. The van der Waals surface area contributed by atoms with E-state index in [0.29, 0.717) is 6.42 Å². The van der Waals surface area contributed by atoms with E-state index in [0.717, 1.165) is 28.1 Å². The van der Waals surface area contributed by atoms with Gasteiger partial charge in [0.2, 0.25) is 0 Å². The van der Waals surface area contributed by atoms with Gasteiger partial charge in [0, 0.05) is 12.0 Å². The third-order valence-corrected chi connectivity index (χ3v) is 3.20. The fourth-order valence-corrected chi connectivity index (χ4v) is 2.18. The Kier molecular flexibility index (Phi) is 2.88. The lowest BCUT2D eigenvalue weighted by Crippen LogP contribution is -2.05. The summed E-state index contributed by atoms with van der Waals surface area (Å²) in [7, 11) is 0. The fraction of sp³-hybridized carbons (Fsp3) is 0.125. The maximum Gasteiger partial charge on any atom is 0.124 e. The Morgan fingerprint density at radius 3 is 2.42 bits per heavy atom. The standard InChI is InChI=1S/C16H14N2O/c1-11-7-8-13(16(19)9-11)15-10-14(17-18-15)12-5-3-2-4-6-12/h2-9,19H,10H2,1H3. The number of aromatic hydroxyl groups is 1. The minimum Gasteiger partial charge on any atom is -0.507 e. The zero-order valence-corrected chi connectivity index (χ0v) is 10.7. The van der Waals surface area contributed by atoms with Gasteiger partial charge in [0.05, 0.1) is 11.4 Å². The molecular formula is C16H14N2O. The summed E-state index contributed by atoms with van der Waals surface area (Å²) in [6, 6.07) is 15.6. The molecule has 1 aliphatic rings. The van der Waals surface area contributed by atoms with Crippen LogP contribution in [0.4, 0.5) is 0 Å². The number of benzene rings is 2. The highest BCUT2D eigenvalue weighted by Gasteiger charge is 2.18. The molecule has 1 aliphatic heterocycles. The van der Waals surface area contributed by atoms with Crippen molar-refractivity contribution in [2.45, 2.75) is 13.3 Å². The van der Waals surface area contributed by atoms with Crippen molar-refractivity contribution in [2.75, 3.05) is 0 Å². The third-order valence-electron chi connectivity index (χ3n) is 3.20.